The van der Waals surface area contributed by atoms with E-state index in [1.807, 2.05) is 4.72 Å². The first-order chi connectivity index (χ1) is 12.7. The number of methoxy groups -OCH3 is 1. The number of ether oxygens (including phenoxy) is 1. The average molecular weight is 393 g/mol. The number of halogens is 2. The first-order valence-corrected chi connectivity index (χ1v) is 9.04. The van der Waals surface area contributed by atoms with E-state index in [1.165, 1.54) is 19.2 Å². The molecule has 0 aliphatic rings. The van der Waals surface area contributed by atoms with E-state index >= 15 is 0 Å². The number of carboxylic acid groups (broad SMARTS) is 1. The Morgan fingerprint density at radius 2 is 1.70 bits per heavy atom. The molecular formula is C18H13F2NO5S. The van der Waals surface area contributed by atoms with Crippen LogP contribution in [-0.4, -0.2) is 26.6 Å². The molecule has 3 aromatic rings. The second-order valence-corrected chi connectivity index (χ2v) is 7.18. The van der Waals surface area contributed by atoms with Crippen LogP contribution in [0.25, 0.3) is 10.8 Å². The van der Waals surface area contributed by atoms with Crippen LogP contribution in [-0.2, 0) is 10.0 Å². The van der Waals surface area contributed by atoms with Crippen LogP contribution >= 0.6 is 0 Å². The van der Waals surface area contributed by atoms with E-state index in [-0.39, 0.29) is 4.90 Å². The number of aromatic carboxylic acids is 1. The van der Waals surface area contributed by atoms with Gasteiger partial charge in [-0.3, -0.25) is 4.72 Å². The van der Waals surface area contributed by atoms with E-state index < -0.39 is 38.9 Å². The van der Waals surface area contributed by atoms with Crippen LogP contribution in [0.1, 0.15) is 10.4 Å². The summed E-state index contributed by atoms with van der Waals surface area (Å²) in [6.45, 7) is 0. The van der Waals surface area contributed by atoms with E-state index in [4.69, 9.17) is 9.84 Å². The van der Waals surface area contributed by atoms with Crippen LogP contribution in [0.4, 0.5) is 14.5 Å². The lowest BCUT2D eigenvalue weighted by molar-refractivity contribution is 0.0692. The van der Waals surface area contributed by atoms with E-state index in [2.05, 4.69) is 0 Å². The number of benzene rings is 3. The molecule has 0 radical (unpaired) electrons. The number of fused-ring (bicyclic) bond motifs is 1. The zero-order valence-electron chi connectivity index (χ0n) is 13.9. The maximum Gasteiger partial charge on any atom is 0.338 e. The Kier molecular flexibility index (Phi) is 4.71. The highest BCUT2D eigenvalue weighted by Gasteiger charge is 2.23. The van der Waals surface area contributed by atoms with Gasteiger partial charge in [0.15, 0.2) is 0 Å². The first-order valence-electron chi connectivity index (χ1n) is 7.55. The normalized spacial score (nSPS) is 11.4. The molecule has 140 valence electrons. The summed E-state index contributed by atoms with van der Waals surface area (Å²) >= 11 is 0. The Balaban J connectivity index is 2.13. The van der Waals surface area contributed by atoms with E-state index in [0.717, 1.165) is 0 Å². The van der Waals surface area contributed by atoms with Gasteiger partial charge in [0.05, 0.1) is 23.3 Å². The molecule has 6 nitrogen and oxygen atoms in total. The lowest BCUT2D eigenvalue weighted by Crippen LogP contribution is -2.15. The van der Waals surface area contributed by atoms with Crippen LogP contribution in [0.3, 0.4) is 0 Å². The van der Waals surface area contributed by atoms with Crippen LogP contribution in [0.2, 0.25) is 0 Å². The van der Waals surface area contributed by atoms with Crippen molar-refractivity contribution in [2.75, 3.05) is 11.8 Å². The maximum absolute atomic E-state index is 14.0. The molecule has 27 heavy (non-hydrogen) atoms. The lowest BCUT2D eigenvalue weighted by Gasteiger charge is -2.13. The highest BCUT2D eigenvalue weighted by Crippen LogP contribution is 2.32. The summed E-state index contributed by atoms with van der Waals surface area (Å²) < 4.78 is 60.2. The maximum atomic E-state index is 14.0. The zero-order valence-corrected chi connectivity index (χ0v) is 14.7. The molecule has 9 heteroatoms. The van der Waals surface area contributed by atoms with Crippen molar-refractivity contribution in [1.82, 2.24) is 0 Å². The third kappa shape index (κ3) is 3.41. The highest BCUT2D eigenvalue weighted by molar-refractivity contribution is 7.93. The quantitative estimate of drug-likeness (QED) is 0.691. The van der Waals surface area contributed by atoms with Crippen molar-refractivity contribution >= 4 is 32.5 Å². The molecule has 0 saturated carbocycles. The predicted molar refractivity (Wildman–Crippen MR) is 94.6 cm³/mol. The summed E-state index contributed by atoms with van der Waals surface area (Å²) in [7, 11) is -2.86. The third-order valence-corrected chi connectivity index (χ3v) is 5.31. The van der Waals surface area contributed by atoms with Crippen LogP contribution in [0.5, 0.6) is 5.75 Å². The number of rotatable bonds is 5. The van der Waals surface area contributed by atoms with Crippen LogP contribution < -0.4 is 9.46 Å². The predicted octanol–water partition coefficient (Wildman–Crippen LogP) is 3.63. The molecule has 0 atom stereocenters. The molecule has 2 N–H and O–H groups in total. The van der Waals surface area contributed by atoms with Crippen molar-refractivity contribution in [3.05, 3.63) is 65.7 Å². The third-order valence-electron chi connectivity index (χ3n) is 3.88. The Bertz CT molecular complexity index is 1160. The standard InChI is InChI=1S/C18H13F2NO5S/c1-26-16-6-7-17(11-5-3-2-4-10(11)16)27(24,25)21-15-8-12(18(22)23)13(19)9-14(15)20/h2-9,21H,1H3,(H,22,23). The topological polar surface area (TPSA) is 92.7 Å². The second kappa shape index (κ2) is 6.84. The van der Waals surface area contributed by atoms with Crippen molar-refractivity contribution in [3.8, 4) is 5.75 Å². The zero-order chi connectivity index (χ0) is 19.8. The van der Waals surface area contributed by atoms with Crippen molar-refractivity contribution in [2.45, 2.75) is 4.90 Å². The minimum atomic E-state index is -4.30. The molecule has 0 aliphatic carbocycles. The van der Waals surface area contributed by atoms with Crippen molar-refractivity contribution < 1.29 is 31.8 Å². The molecule has 0 heterocycles. The fourth-order valence-corrected chi connectivity index (χ4v) is 3.92. The highest BCUT2D eigenvalue weighted by atomic mass is 32.2. The summed E-state index contributed by atoms with van der Waals surface area (Å²) in [5, 5.41) is 9.79. The van der Waals surface area contributed by atoms with Gasteiger partial charge in [-0.05, 0) is 18.2 Å². The van der Waals surface area contributed by atoms with Gasteiger partial charge >= 0.3 is 5.97 Å². The number of nitrogens with one attached hydrogen (secondary N) is 1. The fourth-order valence-electron chi connectivity index (χ4n) is 2.65. The fraction of sp³-hybridized carbons (Fsp3) is 0.0556. The van der Waals surface area contributed by atoms with Gasteiger partial charge in [-0.2, -0.15) is 0 Å². The second-order valence-electron chi connectivity index (χ2n) is 5.53. The van der Waals surface area contributed by atoms with E-state index in [9.17, 15) is 22.0 Å². The summed E-state index contributed by atoms with van der Waals surface area (Å²) in [6.07, 6.45) is 0. The van der Waals surface area contributed by atoms with E-state index in [0.29, 0.717) is 28.7 Å². The van der Waals surface area contributed by atoms with E-state index in [1.54, 1.807) is 24.3 Å². The lowest BCUT2D eigenvalue weighted by atomic mass is 10.1. The Hall–Kier alpha value is -3.20. The average Bonchev–Trinajstić information content (AvgIpc) is 2.62. The van der Waals surface area contributed by atoms with Gasteiger partial charge in [0.25, 0.3) is 10.0 Å². The smallest absolute Gasteiger partial charge is 0.338 e. The molecule has 3 rings (SSSR count). The van der Waals surface area contributed by atoms with Crippen LogP contribution in [0, 0.1) is 11.6 Å². The molecule has 0 fully saturated rings. The van der Waals surface area contributed by atoms with Gasteiger partial charge in [0, 0.05) is 16.8 Å². The van der Waals surface area contributed by atoms with Gasteiger partial charge in [0.1, 0.15) is 17.4 Å². The van der Waals surface area contributed by atoms with Gasteiger partial charge < -0.3 is 9.84 Å². The number of anilines is 1. The molecule has 0 aromatic heterocycles. The number of hydrogen-bond acceptors (Lipinski definition) is 4. The van der Waals surface area contributed by atoms with Crippen molar-refractivity contribution in [3.63, 3.8) is 0 Å². The summed E-state index contributed by atoms with van der Waals surface area (Å²) in [5.41, 5.74) is -1.53. The molecule has 0 amide bonds. The number of sulfonamides is 1. The molecular weight excluding hydrogens is 380 g/mol. The number of carbonyl (C=O) groups is 1. The largest absolute Gasteiger partial charge is 0.496 e. The van der Waals surface area contributed by atoms with Crippen molar-refractivity contribution in [1.29, 1.82) is 0 Å². The SMILES string of the molecule is COc1ccc(S(=O)(=O)Nc2cc(C(=O)O)c(F)cc2F)c2ccccc12. The Morgan fingerprint density at radius 1 is 1.04 bits per heavy atom. The molecule has 0 bridgehead atoms. The molecule has 0 spiro atoms. The molecule has 0 aliphatic heterocycles. The Labute approximate surface area is 153 Å². The summed E-state index contributed by atoms with van der Waals surface area (Å²) in [6, 6.07) is 10.2. The van der Waals surface area contributed by atoms with Gasteiger partial charge in [-0.1, -0.05) is 24.3 Å². The van der Waals surface area contributed by atoms with Gasteiger partial charge in [0.2, 0.25) is 0 Å². The number of carboxylic acids is 1. The van der Waals surface area contributed by atoms with Gasteiger partial charge in [-0.25, -0.2) is 22.0 Å². The molecule has 3 aromatic carbocycles. The monoisotopic (exact) mass is 393 g/mol. The molecule has 0 unspecified atom stereocenters. The summed E-state index contributed by atoms with van der Waals surface area (Å²) in [4.78, 5) is 10.8. The van der Waals surface area contributed by atoms with Crippen LogP contribution in [0.15, 0.2) is 53.4 Å². The summed E-state index contributed by atoms with van der Waals surface area (Å²) in [5.74, 6) is -3.75. The Morgan fingerprint density at radius 3 is 2.33 bits per heavy atom. The number of hydrogen-bond donors (Lipinski definition) is 2. The first kappa shape index (κ1) is 18.6. The molecule has 0 saturated heterocycles. The minimum absolute atomic E-state index is 0.167. The minimum Gasteiger partial charge on any atom is -0.496 e. The van der Waals surface area contributed by atoms with Gasteiger partial charge in [-0.15, -0.1) is 0 Å². The van der Waals surface area contributed by atoms with Crippen molar-refractivity contribution in [2.24, 2.45) is 0 Å².